The van der Waals surface area contributed by atoms with Crippen molar-refractivity contribution in [1.29, 1.82) is 0 Å². The SMILES string of the molecule is NCCCO[C]=O. The van der Waals surface area contributed by atoms with E-state index in [0.29, 0.717) is 13.2 Å². The number of nitrogens with two attached hydrogens (primary N) is 1. The fraction of sp³-hybridized carbons (Fsp3) is 0.750. The summed E-state index contributed by atoms with van der Waals surface area (Å²) in [5.41, 5.74) is 5.06. The van der Waals surface area contributed by atoms with Crippen LogP contribution in [0.4, 0.5) is 0 Å². The van der Waals surface area contributed by atoms with Crippen LogP contribution in [0.3, 0.4) is 0 Å². The standard InChI is InChI=1S/C4H8NO2/c5-2-1-3-7-4-6/h1-3,5H2. The highest BCUT2D eigenvalue weighted by Gasteiger charge is 1.79. The van der Waals surface area contributed by atoms with Gasteiger partial charge < -0.3 is 10.5 Å². The lowest BCUT2D eigenvalue weighted by Gasteiger charge is -1.89. The van der Waals surface area contributed by atoms with Gasteiger partial charge in [0.1, 0.15) is 0 Å². The third kappa shape index (κ3) is 5.43. The summed E-state index contributed by atoms with van der Waals surface area (Å²) in [6, 6.07) is 0. The van der Waals surface area contributed by atoms with Gasteiger partial charge in [-0.05, 0) is 13.0 Å². The highest BCUT2D eigenvalue weighted by molar-refractivity contribution is 5.37. The summed E-state index contributed by atoms with van der Waals surface area (Å²) >= 11 is 0. The molecule has 0 heterocycles. The molecule has 0 fully saturated rings. The first-order chi connectivity index (χ1) is 3.41. The van der Waals surface area contributed by atoms with E-state index in [1.807, 2.05) is 0 Å². The molecule has 0 amide bonds. The van der Waals surface area contributed by atoms with E-state index in [-0.39, 0.29) is 0 Å². The van der Waals surface area contributed by atoms with Gasteiger partial charge in [0.05, 0.1) is 6.61 Å². The molecule has 3 heteroatoms. The van der Waals surface area contributed by atoms with Crippen molar-refractivity contribution in [2.45, 2.75) is 6.42 Å². The first kappa shape index (κ1) is 6.43. The molecular formula is C4H8NO2. The van der Waals surface area contributed by atoms with Gasteiger partial charge in [-0.25, -0.2) is 4.79 Å². The topological polar surface area (TPSA) is 52.3 Å². The molecule has 0 saturated carbocycles. The van der Waals surface area contributed by atoms with Crippen molar-refractivity contribution in [2.24, 2.45) is 5.73 Å². The van der Waals surface area contributed by atoms with E-state index in [1.165, 1.54) is 6.47 Å². The minimum Gasteiger partial charge on any atom is -0.457 e. The Morgan fingerprint density at radius 1 is 1.71 bits per heavy atom. The maximum atomic E-state index is 9.29. The highest BCUT2D eigenvalue weighted by atomic mass is 16.5. The summed E-state index contributed by atoms with van der Waals surface area (Å²) in [5, 5.41) is 0. The van der Waals surface area contributed by atoms with Crippen LogP contribution in [0.2, 0.25) is 0 Å². The zero-order chi connectivity index (χ0) is 5.54. The van der Waals surface area contributed by atoms with Crippen molar-refractivity contribution in [2.75, 3.05) is 13.2 Å². The number of carbonyl (C=O) groups excluding carboxylic acids is 1. The smallest absolute Gasteiger partial charge is 0.417 e. The van der Waals surface area contributed by atoms with Gasteiger partial charge in [-0.2, -0.15) is 0 Å². The summed E-state index contributed by atoms with van der Waals surface area (Å²) in [6.45, 7) is 2.24. The molecule has 41 valence electrons. The molecule has 0 aromatic heterocycles. The van der Waals surface area contributed by atoms with Crippen LogP contribution in [0.25, 0.3) is 0 Å². The Hall–Kier alpha value is -0.570. The molecule has 0 saturated heterocycles. The van der Waals surface area contributed by atoms with Crippen LogP contribution >= 0.6 is 0 Å². The maximum Gasteiger partial charge on any atom is 0.417 e. The Morgan fingerprint density at radius 2 is 2.43 bits per heavy atom. The summed E-state index contributed by atoms with van der Waals surface area (Å²) < 4.78 is 4.19. The minimum absolute atomic E-state index is 0.389. The lowest BCUT2D eigenvalue weighted by atomic mass is 10.5. The summed E-state index contributed by atoms with van der Waals surface area (Å²) in [6.07, 6.45) is 0.718. The van der Waals surface area contributed by atoms with E-state index in [4.69, 9.17) is 5.73 Å². The van der Waals surface area contributed by atoms with Crippen molar-refractivity contribution in [1.82, 2.24) is 0 Å². The normalized spacial score (nSPS) is 8.14. The van der Waals surface area contributed by atoms with Gasteiger partial charge >= 0.3 is 6.47 Å². The molecule has 3 nitrogen and oxygen atoms in total. The Labute approximate surface area is 42.4 Å². The lowest BCUT2D eigenvalue weighted by molar-refractivity contribution is 0.275. The van der Waals surface area contributed by atoms with E-state index >= 15 is 0 Å². The molecule has 0 aliphatic rings. The predicted molar refractivity (Wildman–Crippen MR) is 25.3 cm³/mol. The van der Waals surface area contributed by atoms with E-state index in [1.54, 1.807) is 0 Å². The van der Waals surface area contributed by atoms with E-state index in [9.17, 15) is 4.79 Å². The first-order valence-electron chi connectivity index (χ1n) is 2.11. The molecule has 0 spiro atoms. The van der Waals surface area contributed by atoms with Crippen LogP contribution in [-0.4, -0.2) is 19.6 Å². The average molecular weight is 102 g/mol. The zero-order valence-corrected chi connectivity index (χ0v) is 4.02. The van der Waals surface area contributed by atoms with Crippen molar-refractivity contribution in [3.8, 4) is 0 Å². The molecule has 0 aromatic rings. The fourth-order valence-corrected chi connectivity index (χ4v) is 0.197. The minimum atomic E-state index is 0.389. The van der Waals surface area contributed by atoms with Gasteiger partial charge in [0, 0.05) is 0 Å². The van der Waals surface area contributed by atoms with Gasteiger partial charge in [-0.15, -0.1) is 0 Å². The number of ether oxygens (including phenoxy) is 1. The second kappa shape index (κ2) is 5.43. The Kier molecular flexibility index (Phi) is 4.99. The molecule has 1 radical (unpaired) electrons. The molecule has 0 atom stereocenters. The molecule has 0 aromatic carbocycles. The Bertz CT molecular complexity index is 47.0. The van der Waals surface area contributed by atoms with Crippen LogP contribution in [0.5, 0.6) is 0 Å². The average Bonchev–Trinajstić information content (AvgIpc) is 1.69. The van der Waals surface area contributed by atoms with Gasteiger partial charge in [-0.3, -0.25) is 0 Å². The molecule has 0 rings (SSSR count). The highest BCUT2D eigenvalue weighted by Crippen LogP contribution is 1.72. The molecule has 7 heavy (non-hydrogen) atoms. The molecular weight excluding hydrogens is 94.0 g/mol. The van der Waals surface area contributed by atoms with Crippen LogP contribution in [0.1, 0.15) is 6.42 Å². The van der Waals surface area contributed by atoms with Crippen molar-refractivity contribution in [3.05, 3.63) is 0 Å². The van der Waals surface area contributed by atoms with Crippen LogP contribution < -0.4 is 5.73 Å². The Morgan fingerprint density at radius 3 is 2.86 bits per heavy atom. The van der Waals surface area contributed by atoms with Crippen molar-refractivity contribution in [3.63, 3.8) is 0 Å². The van der Waals surface area contributed by atoms with E-state index < -0.39 is 0 Å². The number of hydrogen-bond donors (Lipinski definition) is 1. The largest absolute Gasteiger partial charge is 0.457 e. The Balaban J connectivity index is 2.56. The lowest BCUT2D eigenvalue weighted by Crippen LogP contribution is -2.02. The van der Waals surface area contributed by atoms with Gasteiger partial charge in [0.15, 0.2) is 0 Å². The summed E-state index contributed by atoms with van der Waals surface area (Å²) in [4.78, 5) is 9.29. The van der Waals surface area contributed by atoms with Crippen LogP contribution in [-0.2, 0) is 9.53 Å². The maximum absolute atomic E-state index is 9.29. The fourth-order valence-electron chi connectivity index (χ4n) is 0.197. The second-order valence-electron chi connectivity index (χ2n) is 1.07. The summed E-state index contributed by atoms with van der Waals surface area (Å²) in [5.74, 6) is 0. The quantitative estimate of drug-likeness (QED) is 0.483. The third-order valence-corrected chi connectivity index (χ3v) is 0.509. The predicted octanol–water partition coefficient (Wildman–Crippen LogP) is -0.581. The molecule has 0 aliphatic carbocycles. The van der Waals surface area contributed by atoms with Gasteiger partial charge in [0.2, 0.25) is 0 Å². The molecule has 0 aliphatic heterocycles. The number of rotatable bonds is 4. The van der Waals surface area contributed by atoms with Gasteiger partial charge in [-0.1, -0.05) is 0 Å². The van der Waals surface area contributed by atoms with Crippen LogP contribution in [0.15, 0.2) is 0 Å². The number of hydrogen-bond acceptors (Lipinski definition) is 3. The third-order valence-electron chi connectivity index (χ3n) is 0.509. The molecule has 0 unspecified atom stereocenters. The van der Waals surface area contributed by atoms with Crippen LogP contribution in [0, 0.1) is 0 Å². The monoisotopic (exact) mass is 102 g/mol. The summed E-state index contributed by atoms with van der Waals surface area (Å²) in [7, 11) is 0. The van der Waals surface area contributed by atoms with E-state index in [0.717, 1.165) is 6.42 Å². The molecule has 0 bridgehead atoms. The second-order valence-corrected chi connectivity index (χ2v) is 1.07. The van der Waals surface area contributed by atoms with Gasteiger partial charge in [0.25, 0.3) is 0 Å². The first-order valence-corrected chi connectivity index (χ1v) is 2.11. The van der Waals surface area contributed by atoms with Crippen molar-refractivity contribution < 1.29 is 9.53 Å². The van der Waals surface area contributed by atoms with E-state index in [2.05, 4.69) is 4.74 Å². The van der Waals surface area contributed by atoms with Crippen molar-refractivity contribution >= 4 is 6.47 Å². The molecule has 2 N–H and O–H groups in total. The zero-order valence-electron chi connectivity index (χ0n) is 4.02.